The second-order valence-electron chi connectivity index (χ2n) is 13.0. The van der Waals surface area contributed by atoms with Crippen LogP contribution in [0.25, 0.3) is 0 Å². The number of ether oxygens (including phenoxy) is 2. The molecule has 3 saturated heterocycles. The Balaban J connectivity index is 1.44. The summed E-state index contributed by atoms with van der Waals surface area (Å²) in [6, 6.07) is 18.6. The molecular formula is C35H43Cl2N5O7S2. The molecule has 0 aliphatic carbocycles. The van der Waals surface area contributed by atoms with Gasteiger partial charge in [-0.1, -0.05) is 53.5 Å². The monoisotopic (exact) mass is 779 g/mol. The predicted octanol–water partition coefficient (Wildman–Crippen LogP) is 3.43. The summed E-state index contributed by atoms with van der Waals surface area (Å²) in [6.07, 6.45) is 1.22. The fourth-order valence-corrected chi connectivity index (χ4v) is 9.12. The number of hydrogen-bond donors (Lipinski definition) is 2. The Morgan fingerprint density at radius 1 is 0.843 bits per heavy atom. The summed E-state index contributed by atoms with van der Waals surface area (Å²) in [5, 5.41) is 8.47. The number of sulfone groups is 1. The lowest BCUT2D eigenvalue weighted by Gasteiger charge is -2.40. The number of piperazine rings is 1. The Kier molecular flexibility index (Phi) is 11.7. The molecule has 3 aromatic carbocycles. The maximum absolute atomic E-state index is 15.1. The van der Waals surface area contributed by atoms with Crippen molar-refractivity contribution in [2.75, 3.05) is 77.6 Å². The summed E-state index contributed by atoms with van der Waals surface area (Å²) in [5.74, 6) is 0.0146. The highest BCUT2D eigenvalue weighted by atomic mass is 35.5. The van der Waals surface area contributed by atoms with Gasteiger partial charge >= 0.3 is 0 Å². The first-order valence-electron chi connectivity index (χ1n) is 16.9. The normalized spacial score (nSPS) is 23.7. The molecule has 3 aliphatic rings. The smallest absolute Gasteiger partial charge is 0.262 e. The van der Waals surface area contributed by atoms with Crippen molar-refractivity contribution >= 4 is 49.0 Å². The second-order valence-corrected chi connectivity index (χ2v) is 18.0. The zero-order valence-corrected chi connectivity index (χ0v) is 31.7. The van der Waals surface area contributed by atoms with Gasteiger partial charge in [-0.2, -0.15) is 4.31 Å². The van der Waals surface area contributed by atoms with Crippen LogP contribution < -0.4 is 15.4 Å². The number of morpholine rings is 1. The molecular weight excluding hydrogens is 737 g/mol. The highest BCUT2D eigenvalue weighted by Crippen LogP contribution is 2.45. The van der Waals surface area contributed by atoms with Gasteiger partial charge in [-0.15, -0.1) is 0 Å². The molecule has 3 heterocycles. The molecule has 6 rings (SSSR count). The van der Waals surface area contributed by atoms with Crippen molar-refractivity contribution in [3.8, 4) is 5.75 Å². The lowest BCUT2D eigenvalue weighted by atomic mass is 9.95. The predicted molar refractivity (Wildman–Crippen MR) is 196 cm³/mol. The summed E-state index contributed by atoms with van der Waals surface area (Å²) in [6.45, 7) is 5.20. The summed E-state index contributed by atoms with van der Waals surface area (Å²) in [5.41, 5.74) is 0.605. The Bertz CT molecular complexity index is 1860. The molecule has 3 fully saturated rings. The van der Waals surface area contributed by atoms with Crippen LogP contribution in [0.5, 0.6) is 5.75 Å². The number of nitrogens with zero attached hydrogens (tertiary/aromatic N) is 3. The minimum absolute atomic E-state index is 0.0387. The number of rotatable bonds is 11. The van der Waals surface area contributed by atoms with E-state index in [1.54, 1.807) is 42.2 Å². The highest BCUT2D eigenvalue weighted by Gasteiger charge is 2.54. The van der Waals surface area contributed by atoms with Crippen molar-refractivity contribution in [1.29, 1.82) is 0 Å². The van der Waals surface area contributed by atoms with Crippen LogP contribution in [-0.4, -0.2) is 114 Å². The molecule has 3 aliphatic heterocycles. The highest BCUT2D eigenvalue weighted by molar-refractivity contribution is 7.90. The zero-order valence-electron chi connectivity index (χ0n) is 28.6. The van der Waals surface area contributed by atoms with E-state index in [0.717, 1.165) is 11.1 Å². The topological polar surface area (TPSA) is 138 Å². The van der Waals surface area contributed by atoms with E-state index >= 15 is 4.79 Å². The molecule has 3 aromatic rings. The minimum Gasteiger partial charge on any atom is -0.493 e. The van der Waals surface area contributed by atoms with Crippen LogP contribution in [0.15, 0.2) is 71.6 Å². The molecule has 276 valence electrons. The third-order valence-corrected chi connectivity index (χ3v) is 12.9. The van der Waals surface area contributed by atoms with Crippen molar-refractivity contribution in [3.63, 3.8) is 0 Å². The van der Waals surface area contributed by atoms with Gasteiger partial charge in [-0.05, 0) is 48.4 Å². The van der Waals surface area contributed by atoms with Gasteiger partial charge in [0.25, 0.3) is 5.91 Å². The molecule has 2 N–H and O–H groups in total. The number of benzene rings is 3. The van der Waals surface area contributed by atoms with Crippen molar-refractivity contribution in [3.05, 3.63) is 93.5 Å². The van der Waals surface area contributed by atoms with Gasteiger partial charge in [-0.25, -0.2) is 16.8 Å². The Morgan fingerprint density at radius 2 is 1.39 bits per heavy atom. The molecule has 3 atom stereocenters. The van der Waals surface area contributed by atoms with Gasteiger partial charge in [-0.3, -0.25) is 20.3 Å². The van der Waals surface area contributed by atoms with Crippen molar-refractivity contribution in [2.45, 2.75) is 29.6 Å². The number of halogens is 2. The van der Waals surface area contributed by atoms with Crippen LogP contribution in [0.1, 0.15) is 35.7 Å². The second kappa shape index (κ2) is 15.7. The molecule has 12 nitrogen and oxygen atoms in total. The molecule has 1 amide bonds. The average molecular weight is 781 g/mol. The average Bonchev–Trinajstić information content (AvgIpc) is 3.53. The molecule has 1 unspecified atom stereocenters. The van der Waals surface area contributed by atoms with Gasteiger partial charge in [0.1, 0.15) is 15.6 Å². The number of hydrogen-bond acceptors (Lipinski definition) is 10. The van der Waals surface area contributed by atoms with Crippen LogP contribution in [0.4, 0.5) is 0 Å². The Labute approximate surface area is 309 Å². The number of carbonyl (C=O) groups excluding carboxylic acids is 1. The van der Waals surface area contributed by atoms with Gasteiger partial charge in [0.2, 0.25) is 10.0 Å². The number of sulfonamides is 1. The van der Waals surface area contributed by atoms with E-state index in [9.17, 15) is 16.8 Å². The van der Waals surface area contributed by atoms with E-state index in [2.05, 4.69) is 10.6 Å². The van der Waals surface area contributed by atoms with E-state index in [0.29, 0.717) is 61.5 Å². The summed E-state index contributed by atoms with van der Waals surface area (Å²) in [4.78, 5) is 19.0. The van der Waals surface area contributed by atoms with E-state index < -0.39 is 37.6 Å². The standard InChI is InChI=1S/C35H43Cl2N5O7S2/c1-3-49-31-24-29(51(46,47)42-18-21-48-22-19-42)12-13-30(31)35(34(43)41-16-14-40(15-17-41)20-23-50(2,44)45)38-32(25-4-8-27(36)9-5-25)33(39-35)26-6-10-28(37)11-7-26/h4-13,24,32-33,38-39H,3,14-23H2,1-2H3/t32-,33+,35?. The minimum atomic E-state index is -3.88. The van der Waals surface area contributed by atoms with Crippen LogP contribution in [0, 0.1) is 0 Å². The SMILES string of the molecule is CCOc1cc(S(=O)(=O)N2CCOCC2)ccc1C1(C(=O)N2CCN(CCS(C)(=O)=O)CC2)N[C@H](c2ccc(Cl)cc2)[C@H](c2ccc(Cl)cc2)N1. The maximum Gasteiger partial charge on any atom is 0.262 e. The molecule has 0 aromatic heterocycles. The summed E-state index contributed by atoms with van der Waals surface area (Å²) >= 11 is 12.6. The number of carbonyl (C=O) groups is 1. The molecule has 51 heavy (non-hydrogen) atoms. The molecule has 0 saturated carbocycles. The molecule has 16 heteroatoms. The van der Waals surface area contributed by atoms with Gasteiger partial charge < -0.3 is 14.4 Å². The largest absolute Gasteiger partial charge is 0.493 e. The summed E-state index contributed by atoms with van der Waals surface area (Å²) < 4.78 is 64.1. The van der Waals surface area contributed by atoms with Crippen molar-refractivity contribution < 1.29 is 31.1 Å². The van der Waals surface area contributed by atoms with Gasteiger partial charge in [0, 0.05) is 73.7 Å². The fourth-order valence-electron chi connectivity index (χ4n) is 6.85. The van der Waals surface area contributed by atoms with Gasteiger partial charge in [0.15, 0.2) is 5.66 Å². The number of nitrogens with one attached hydrogen (secondary N) is 2. The van der Waals surface area contributed by atoms with E-state index in [4.69, 9.17) is 32.7 Å². The van der Waals surface area contributed by atoms with Crippen molar-refractivity contribution in [1.82, 2.24) is 24.7 Å². The third kappa shape index (κ3) is 8.40. The lowest BCUT2D eigenvalue weighted by molar-refractivity contribution is -0.141. The fraction of sp³-hybridized carbons (Fsp3) is 0.457. The first-order chi connectivity index (χ1) is 24.3. The summed E-state index contributed by atoms with van der Waals surface area (Å²) in [7, 11) is -7.02. The quantitative estimate of drug-likeness (QED) is 0.298. The maximum atomic E-state index is 15.1. The van der Waals surface area contributed by atoms with E-state index in [1.807, 2.05) is 29.2 Å². The van der Waals surface area contributed by atoms with Crippen LogP contribution in [0.2, 0.25) is 10.0 Å². The number of amides is 1. The first-order valence-corrected chi connectivity index (χ1v) is 21.2. The van der Waals surface area contributed by atoms with Crippen LogP contribution in [0.3, 0.4) is 0 Å². The molecule has 0 spiro atoms. The van der Waals surface area contributed by atoms with Crippen LogP contribution in [-0.2, 0) is 35.1 Å². The molecule has 0 bridgehead atoms. The third-order valence-electron chi connectivity index (χ3n) is 9.56. The van der Waals surface area contributed by atoms with E-state index in [1.165, 1.54) is 22.7 Å². The Morgan fingerprint density at radius 3 is 1.90 bits per heavy atom. The van der Waals surface area contributed by atoms with Gasteiger partial charge in [0.05, 0.1) is 42.6 Å². The van der Waals surface area contributed by atoms with E-state index in [-0.39, 0.29) is 42.0 Å². The molecule has 0 radical (unpaired) electrons. The Hall–Kier alpha value is -2.79. The lowest BCUT2D eigenvalue weighted by Crippen LogP contribution is -2.62. The first kappa shape index (κ1) is 38.0. The van der Waals surface area contributed by atoms with Crippen molar-refractivity contribution in [2.24, 2.45) is 0 Å². The van der Waals surface area contributed by atoms with Crippen LogP contribution >= 0.6 is 23.2 Å². The zero-order chi connectivity index (χ0) is 36.4.